The van der Waals surface area contributed by atoms with Crippen LogP contribution in [-0.2, 0) is 5.66 Å². The normalized spacial score (nSPS) is 20.9. The highest BCUT2D eigenvalue weighted by molar-refractivity contribution is 5.87. The molecule has 31 heavy (non-hydrogen) atoms. The number of hydrogen-bond donors (Lipinski definition) is 3. The van der Waals surface area contributed by atoms with Crippen molar-refractivity contribution in [3.63, 3.8) is 0 Å². The van der Waals surface area contributed by atoms with Crippen LogP contribution in [-0.4, -0.2) is 37.5 Å². The van der Waals surface area contributed by atoms with Crippen LogP contribution < -0.4 is 21.5 Å². The maximum absolute atomic E-state index is 6.86. The molecule has 2 aliphatic rings. The molecule has 0 spiro atoms. The Labute approximate surface area is 182 Å². The van der Waals surface area contributed by atoms with E-state index in [1.807, 2.05) is 30.3 Å². The Morgan fingerprint density at radius 1 is 1.00 bits per heavy atom. The van der Waals surface area contributed by atoms with Crippen molar-refractivity contribution in [3.8, 4) is 5.75 Å². The SMILES string of the molecule is Nc1cc2c(cc1OCCN1CCCCC1)NC=NC2(N)c1ccc2ccccc2c1. The molecule has 0 aliphatic carbocycles. The van der Waals surface area contributed by atoms with E-state index in [0.29, 0.717) is 18.0 Å². The van der Waals surface area contributed by atoms with Crippen LogP contribution in [0.3, 0.4) is 0 Å². The number of benzene rings is 3. The molecule has 0 amide bonds. The maximum atomic E-state index is 6.86. The number of nitrogens with two attached hydrogens (primary N) is 2. The molecule has 2 aliphatic heterocycles. The zero-order valence-electron chi connectivity index (χ0n) is 17.7. The molecule has 1 unspecified atom stereocenters. The van der Waals surface area contributed by atoms with Gasteiger partial charge in [-0.15, -0.1) is 0 Å². The van der Waals surface area contributed by atoms with Crippen LogP contribution in [0.2, 0.25) is 0 Å². The van der Waals surface area contributed by atoms with Gasteiger partial charge < -0.3 is 15.8 Å². The molecule has 1 saturated heterocycles. The first-order valence-corrected chi connectivity index (χ1v) is 11.0. The number of fused-ring (bicyclic) bond motifs is 2. The van der Waals surface area contributed by atoms with E-state index in [-0.39, 0.29) is 0 Å². The summed E-state index contributed by atoms with van der Waals surface area (Å²) < 4.78 is 6.05. The molecule has 5 N–H and O–H groups in total. The minimum absolute atomic E-state index is 0.576. The number of nitrogen functional groups attached to an aromatic ring is 1. The Kier molecular flexibility index (Phi) is 5.26. The summed E-state index contributed by atoms with van der Waals surface area (Å²) in [4.78, 5) is 7.06. The van der Waals surface area contributed by atoms with E-state index in [1.165, 1.54) is 24.6 Å². The molecule has 160 valence electrons. The highest BCUT2D eigenvalue weighted by atomic mass is 16.5. The number of nitrogens with one attached hydrogen (secondary N) is 1. The molecule has 5 rings (SSSR count). The Bertz CT molecular complexity index is 1120. The van der Waals surface area contributed by atoms with E-state index in [0.717, 1.165) is 41.8 Å². The third kappa shape index (κ3) is 3.84. The Morgan fingerprint density at radius 3 is 2.65 bits per heavy atom. The quantitative estimate of drug-likeness (QED) is 0.550. The predicted molar refractivity (Wildman–Crippen MR) is 128 cm³/mol. The smallest absolute Gasteiger partial charge is 0.163 e. The first-order valence-electron chi connectivity index (χ1n) is 11.0. The number of ether oxygens (including phenoxy) is 1. The maximum Gasteiger partial charge on any atom is 0.163 e. The van der Waals surface area contributed by atoms with Gasteiger partial charge >= 0.3 is 0 Å². The monoisotopic (exact) mass is 415 g/mol. The highest BCUT2D eigenvalue weighted by Gasteiger charge is 2.34. The van der Waals surface area contributed by atoms with Crippen LogP contribution in [0.15, 0.2) is 59.6 Å². The fraction of sp³-hybridized carbons (Fsp3) is 0.320. The average Bonchev–Trinajstić information content (AvgIpc) is 2.80. The molecule has 0 aromatic heterocycles. The summed E-state index contributed by atoms with van der Waals surface area (Å²) in [6.45, 7) is 3.85. The van der Waals surface area contributed by atoms with Gasteiger partial charge in [0, 0.05) is 18.2 Å². The lowest BCUT2D eigenvalue weighted by Gasteiger charge is -2.32. The number of likely N-dealkylation sites (tertiary alicyclic amines) is 1. The van der Waals surface area contributed by atoms with Crippen LogP contribution in [0.1, 0.15) is 30.4 Å². The number of rotatable bonds is 5. The molecular weight excluding hydrogens is 386 g/mol. The van der Waals surface area contributed by atoms with Crippen molar-refractivity contribution in [1.82, 2.24) is 4.90 Å². The zero-order chi connectivity index (χ0) is 21.3. The third-order valence-corrected chi connectivity index (χ3v) is 6.35. The Balaban J connectivity index is 1.40. The Hall–Kier alpha value is -3.09. The van der Waals surface area contributed by atoms with Gasteiger partial charge in [0.15, 0.2) is 5.66 Å². The largest absolute Gasteiger partial charge is 0.490 e. The summed E-state index contributed by atoms with van der Waals surface area (Å²) in [5.41, 5.74) is 15.4. The molecule has 1 atom stereocenters. The first-order chi connectivity index (χ1) is 15.1. The molecule has 0 radical (unpaired) electrons. The number of nitrogens with zero attached hydrogens (tertiary/aromatic N) is 2. The van der Waals surface area contributed by atoms with Gasteiger partial charge in [0.2, 0.25) is 0 Å². The van der Waals surface area contributed by atoms with Crippen molar-refractivity contribution in [1.29, 1.82) is 0 Å². The lowest BCUT2D eigenvalue weighted by Crippen LogP contribution is -2.39. The highest BCUT2D eigenvalue weighted by Crippen LogP contribution is 2.41. The van der Waals surface area contributed by atoms with Crippen LogP contribution >= 0.6 is 0 Å². The second kappa shape index (κ2) is 8.21. The van der Waals surface area contributed by atoms with Gasteiger partial charge in [0.05, 0.1) is 17.7 Å². The standard InChI is InChI=1S/C25H29N5O/c26-22-15-21-23(16-24(22)31-13-12-30-10-4-1-5-11-30)28-17-29-25(21,27)20-9-8-18-6-2-3-7-19(18)14-20/h2-3,6-9,14-17H,1,4-5,10-13,26-27H2,(H,28,29). The summed E-state index contributed by atoms with van der Waals surface area (Å²) in [5, 5.41) is 5.52. The zero-order valence-corrected chi connectivity index (χ0v) is 17.7. The summed E-state index contributed by atoms with van der Waals surface area (Å²) in [6.07, 6.45) is 5.54. The van der Waals surface area contributed by atoms with E-state index >= 15 is 0 Å². The Morgan fingerprint density at radius 2 is 1.81 bits per heavy atom. The predicted octanol–water partition coefficient (Wildman–Crippen LogP) is 3.90. The van der Waals surface area contributed by atoms with Crippen LogP contribution in [0, 0.1) is 0 Å². The summed E-state index contributed by atoms with van der Waals surface area (Å²) in [6, 6.07) is 18.3. The first kappa shape index (κ1) is 19.8. The molecule has 1 fully saturated rings. The molecule has 0 bridgehead atoms. The number of anilines is 2. The van der Waals surface area contributed by atoms with E-state index in [1.54, 1.807) is 6.34 Å². The molecule has 2 heterocycles. The topological polar surface area (TPSA) is 88.9 Å². The lowest BCUT2D eigenvalue weighted by molar-refractivity contribution is 0.184. The van der Waals surface area contributed by atoms with Gasteiger partial charge in [-0.2, -0.15) is 0 Å². The van der Waals surface area contributed by atoms with Gasteiger partial charge in [-0.3, -0.25) is 10.6 Å². The lowest BCUT2D eigenvalue weighted by atomic mass is 9.88. The number of aliphatic imine (C=N–C) groups is 1. The molecule has 6 heteroatoms. The van der Waals surface area contributed by atoms with Crippen molar-refractivity contribution < 1.29 is 4.74 Å². The second-order valence-corrected chi connectivity index (χ2v) is 8.42. The van der Waals surface area contributed by atoms with E-state index in [2.05, 4.69) is 39.5 Å². The van der Waals surface area contributed by atoms with Gasteiger partial charge in [-0.05, 0) is 54.4 Å². The molecule has 6 nitrogen and oxygen atoms in total. The van der Waals surface area contributed by atoms with Crippen molar-refractivity contribution in [3.05, 3.63) is 65.7 Å². The summed E-state index contributed by atoms with van der Waals surface area (Å²) in [7, 11) is 0. The van der Waals surface area contributed by atoms with E-state index < -0.39 is 5.66 Å². The van der Waals surface area contributed by atoms with E-state index in [9.17, 15) is 0 Å². The van der Waals surface area contributed by atoms with Crippen molar-refractivity contribution >= 4 is 28.5 Å². The van der Waals surface area contributed by atoms with Gasteiger partial charge in [-0.1, -0.05) is 42.8 Å². The van der Waals surface area contributed by atoms with Gasteiger partial charge in [0.1, 0.15) is 12.4 Å². The third-order valence-electron chi connectivity index (χ3n) is 6.35. The fourth-order valence-corrected chi connectivity index (χ4v) is 4.55. The minimum atomic E-state index is -1.01. The van der Waals surface area contributed by atoms with Gasteiger partial charge in [-0.25, -0.2) is 4.99 Å². The molecule has 3 aromatic carbocycles. The fourth-order valence-electron chi connectivity index (χ4n) is 4.55. The van der Waals surface area contributed by atoms with Gasteiger partial charge in [0.25, 0.3) is 0 Å². The number of piperidine rings is 1. The van der Waals surface area contributed by atoms with Crippen LogP contribution in [0.25, 0.3) is 10.8 Å². The van der Waals surface area contributed by atoms with Crippen molar-refractivity contribution in [2.75, 3.05) is 37.3 Å². The van der Waals surface area contributed by atoms with E-state index in [4.69, 9.17) is 16.2 Å². The molecule has 0 saturated carbocycles. The average molecular weight is 416 g/mol. The van der Waals surface area contributed by atoms with Crippen LogP contribution in [0.5, 0.6) is 5.75 Å². The molecule has 3 aromatic rings. The summed E-state index contributed by atoms with van der Waals surface area (Å²) in [5.74, 6) is 0.680. The van der Waals surface area contributed by atoms with Crippen LogP contribution in [0.4, 0.5) is 11.4 Å². The summed E-state index contributed by atoms with van der Waals surface area (Å²) >= 11 is 0. The van der Waals surface area contributed by atoms with Crippen molar-refractivity contribution in [2.24, 2.45) is 10.7 Å². The minimum Gasteiger partial charge on any atom is -0.490 e. The number of hydrogen-bond acceptors (Lipinski definition) is 6. The van der Waals surface area contributed by atoms with Crippen molar-refractivity contribution in [2.45, 2.75) is 24.9 Å². The molecular formula is C25H29N5O. The second-order valence-electron chi connectivity index (χ2n) is 8.42.